The number of amides is 1. The first kappa shape index (κ1) is 19.2. The Morgan fingerprint density at radius 1 is 1.22 bits per heavy atom. The van der Waals surface area contributed by atoms with E-state index in [1.807, 2.05) is 30.3 Å². The van der Waals surface area contributed by atoms with Crippen LogP contribution in [0.2, 0.25) is 0 Å². The van der Waals surface area contributed by atoms with Crippen LogP contribution < -0.4 is 0 Å². The van der Waals surface area contributed by atoms with E-state index in [9.17, 15) is 9.59 Å². The smallest absolute Gasteiger partial charge is 0.410 e. The summed E-state index contributed by atoms with van der Waals surface area (Å²) in [5, 5.41) is 0. The maximum atomic E-state index is 11.9. The van der Waals surface area contributed by atoms with Gasteiger partial charge in [-0.25, -0.2) is 4.79 Å². The number of hydrogen-bond donors (Lipinski definition) is 0. The standard InChI is InChI=1S/C15H19NO3.C4H10/c17-11-8-13-6-9-16(10-7-13)15(18)19-12-14-4-2-1-3-5-14;1-4(2)3/h1-5,11,13H,6-10,12H2;4H,1-3H3. The van der Waals surface area contributed by atoms with Crippen LogP contribution in [0.15, 0.2) is 30.3 Å². The van der Waals surface area contributed by atoms with Crippen LogP contribution in [0.5, 0.6) is 0 Å². The lowest BCUT2D eigenvalue weighted by atomic mass is 9.94. The summed E-state index contributed by atoms with van der Waals surface area (Å²) in [4.78, 5) is 24.0. The van der Waals surface area contributed by atoms with Crippen LogP contribution >= 0.6 is 0 Å². The van der Waals surface area contributed by atoms with Crippen molar-refractivity contribution in [3.63, 3.8) is 0 Å². The fourth-order valence-electron chi connectivity index (χ4n) is 2.30. The molecule has 1 heterocycles. The van der Waals surface area contributed by atoms with E-state index in [2.05, 4.69) is 20.8 Å². The fraction of sp³-hybridized carbons (Fsp3) is 0.579. The third-order valence-corrected chi connectivity index (χ3v) is 3.51. The molecule has 1 aromatic rings. The lowest BCUT2D eigenvalue weighted by Gasteiger charge is -2.30. The van der Waals surface area contributed by atoms with Gasteiger partial charge >= 0.3 is 6.09 Å². The molecule has 0 atom stereocenters. The molecule has 4 nitrogen and oxygen atoms in total. The molecule has 0 saturated carbocycles. The molecule has 4 heteroatoms. The van der Waals surface area contributed by atoms with E-state index in [1.54, 1.807) is 4.90 Å². The van der Waals surface area contributed by atoms with Crippen LogP contribution in [0, 0.1) is 11.8 Å². The van der Waals surface area contributed by atoms with Gasteiger partial charge in [0.05, 0.1) is 0 Å². The molecule has 0 aliphatic carbocycles. The van der Waals surface area contributed by atoms with Gasteiger partial charge < -0.3 is 14.4 Å². The Labute approximate surface area is 139 Å². The van der Waals surface area contributed by atoms with Gasteiger partial charge in [-0.15, -0.1) is 0 Å². The van der Waals surface area contributed by atoms with Crippen molar-refractivity contribution in [2.75, 3.05) is 13.1 Å². The molecule has 0 radical (unpaired) electrons. The highest BCUT2D eigenvalue weighted by atomic mass is 16.6. The van der Waals surface area contributed by atoms with Gasteiger partial charge in [-0.3, -0.25) is 0 Å². The summed E-state index contributed by atoms with van der Waals surface area (Å²) in [5.41, 5.74) is 0.992. The predicted octanol–water partition coefficient (Wildman–Crippen LogP) is 4.29. The third-order valence-electron chi connectivity index (χ3n) is 3.51. The van der Waals surface area contributed by atoms with Crippen molar-refractivity contribution in [1.82, 2.24) is 4.90 Å². The second-order valence-electron chi connectivity index (χ2n) is 6.61. The molecule has 1 fully saturated rings. The number of rotatable bonds is 4. The van der Waals surface area contributed by atoms with Crippen molar-refractivity contribution >= 4 is 12.4 Å². The number of carbonyl (C=O) groups is 2. The maximum absolute atomic E-state index is 11.9. The normalized spacial score (nSPS) is 14.9. The molecule has 0 N–H and O–H groups in total. The lowest BCUT2D eigenvalue weighted by molar-refractivity contribution is -0.108. The molecule has 0 spiro atoms. The first-order chi connectivity index (χ1) is 11.0. The number of likely N-dealkylation sites (tertiary alicyclic amines) is 1. The summed E-state index contributed by atoms with van der Waals surface area (Å²) in [6.07, 6.45) is 3.09. The van der Waals surface area contributed by atoms with Gasteiger partial charge in [0.15, 0.2) is 0 Å². The quantitative estimate of drug-likeness (QED) is 0.778. The Kier molecular flexibility index (Phi) is 9.03. The molecule has 1 aliphatic heterocycles. The summed E-state index contributed by atoms with van der Waals surface area (Å²) < 4.78 is 5.28. The number of hydrogen-bond acceptors (Lipinski definition) is 3. The van der Waals surface area contributed by atoms with Gasteiger partial charge in [-0.05, 0) is 30.2 Å². The minimum absolute atomic E-state index is 0.256. The lowest BCUT2D eigenvalue weighted by Crippen LogP contribution is -2.38. The van der Waals surface area contributed by atoms with Crippen molar-refractivity contribution < 1.29 is 14.3 Å². The van der Waals surface area contributed by atoms with E-state index in [0.29, 0.717) is 32.0 Å². The number of ether oxygens (including phenoxy) is 1. The van der Waals surface area contributed by atoms with Gasteiger partial charge in [-0.1, -0.05) is 51.1 Å². The van der Waals surface area contributed by atoms with E-state index in [-0.39, 0.29) is 6.09 Å². The zero-order chi connectivity index (χ0) is 17.1. The van der Waals surface area contributed by atoms with Crippen molar-refractivity contribution in [3.8, 4) is 0 Å². The Hall–Kier alpha value is -1.84. The average Bonchev–Trinajstić information content (AvgIpc) is 2.54. The molecule has 0 unspecified atom stereocenters. The molecule has 1 saturated heterocycles. The van der Waals surface area contributed by atoms with Crippen LogP contribution in [0.1, 0.15) is 45.6 Å². The van der Waals surface area contributed by atoms with Gasteiger partial charge in [0, 0.05) is 19.5 Å². The average molecular weight is 319 g/mol. The molecular formula is C19H29NO3. The molecule has 0 aromatic heterocycles. The van der Waals surface area contributed by atoms with Gasteiger partial charge in [-0.2, -0.15) is 0 Å². The van der Waals surface area contributed by atoms with Gasteiger partial charge in [0.2, 0.25) is 0 Å². The Balaban J connectivity index is 0.000000593. The predicted molar refractivity (Wildman–Crippen MR) is 92.1 cm³/mol. The summed E-state index contributed by atoms with van der Waals surface area (Å²) in [7, 11) is 0. The Bertz CT molecular complexity index is 448. The number of piperidine rings is 1. The minimum atomic E-state index is -0.256. The maximum Gasteiger partial charge on any atom is 0.410 e. The molecular weight excluding hydrogens is 290 g/mol. The highest BCUT2D eigenvalue weighted by Gasteiger charge is 2.23. The Morgan fingerprint density at radius 3 is 2.30 bits per heavy atom. The van der Waals surface area contributed by atoms with Gasteiger partial charge in [0.25, 0.3) is 0 Å². The van der Waals surface area contributed by atoms with E-state index in [0.717, 1.165) is 30.6 Å². The highest BCUT2D eigenvalue weighted by molar-refractivity contribution is 5.67. The SMILES string of the molecule is CC(C)C.O=CCC1CCN(C(=O)OCc2ccccc2)CC1. The summed E-state index contributed by atoms with van der Waals surface area (Å²) in [5.74, 6) is 1.26. The fourth-order valence-corrected chi connectivity index (χ4v) is 2.30. The topological polar surface area (TPSA) is 46.6 Å². The van der Waals surface area contributed by atoms with Crippen molar-refractivity contribution in [2.45, 2.75) is 46.6 Å². The molecule has 128 valence electrons. The summed E-state index contributed by atoms with van der Waals surface area (Å²) in [6.45, 7) is 8.19. The molecule has 2 rings (SSSR count). The molecule has 1 aliphatic rings. The number of benzene rings is 1. The van der Waals surface area contributed by atoms with Crippen LogP contribution in [-0.4, -0.2) is 30.4 Å². The van der Waals surface area contributed by atoms with Crippen LogP contribution in [-0.2, 0) is 16.1 Å². The first-order valence-electron chi connectivity index (χ1n) is 8.42. The molecule has 1 amide bonds. The zero-order valence-corrected chi connectivity index (χ0v) is 14.5. The Morgan fingerprint density at radius 2 is 1.78 bits per heavy atom. The van der Waals surface area contributed by atoms with Crippen LogP contribution in [0.4, 0.5) is 4.79 Å². The van der Waals surface area contributed by atoms with E-state index in [4.69, 9.17) is 4.74 Å². The van der Waals surface area contributed by atoms with E-state index in [1.165, 1.54) is 0 Å². The van der Waals surface area contributed by atoms with E-state index >= 15 is 0 Å². The molecule has 23 heavy (non-hydrogen) atoms. The second-order valence-corrected chi connectivity index (χ2v) is 6.61. The molecule has 1 aromatic carbocycles. The molecule has 0 bridgehead atoms. The number of nitrogens with zero attached hydrogens (tertiary/aromatic N) is 1. The van der Waals surface area contributed by atoms with Gasteiger partial charge in [0.1, 0.15) is 12.9 Å². The minimum Gasteiger partial charge on any atom is -0.445 e. The van der Waals surface area contributed by atoms with Crippen molar-refractivity contribution in [3.05, 3.63) is 35.9 Å². The monoisotopic (exact) mass is 319 g/mol. The third kappa shape index (κ3) is 8.38. The second kappa shape index (κ2) is 10.8. The number of aldehydes is 1. The first-order valence-corrected chi connectivity index (χ1v) is 8.42. The number of carbonyl (C=O) groups excluding carboxylic acids is 2. The highest BCUT2D eigenvalue weighted by Crippen LogP contribution is 2.20. The van der Waals surface area contributed by atoms with Crippen molar-refractivity contribution in [1.29, 1.82) is 0 Å². The van der Waals surface area contributed by atoms with Crippen molar-refractivity contribution in [2.24, 2.45) is 11.8 Å². The summed E-state index contributed by atoms with van der Waals surface area (Å²) >= 11 is 0. The van der Waals surface area contributed by atoms with E-state index < -0.39 is 0 Å². The largest absolute Gasteiger partial charge is 0.445 e. The van der Waals surface area contributed by atoms with Crippen LogP contribution in [0.25, 0.3) is 0 Å². The summed E-state index contributed by atoms with van der Waals surface area (Å²) in [6, 6.07) is 9.65. The van der Waals surface area contributed by atoms with Crippen LogP contribution in [0.3, 0.4) is 0 Å². The zero-order valence-electron chi connectivity index (χ0n) is 14.5.